The monoisotopic (exact) mass is 412 g/mol. The van der Waals surface area contributed by atoms with Crippen molar-refractivity contribution in [1.82, 2.24) is 5.32 Å². The SMILES string of the molecule is CN1C(=O)C(NC(=O)[C@@H](N)Cc2ccccc2)N=C(c2ccccc2)c2ccccc21. The third kappa shape index (κ3) is 4.39. The number of benzene rings is 3. The number of hydrogen-bond donors (Lipinski definition) is 2. The minimum absolute atomic E-state index is 0.321. The first-order valence-electron chi connectivity index (χ1n) is 10.1. The summed E-state index contributed by atoms with van der Waals surface area (Å²) in [5.74, 6) is -0.739. The van der Waals surface area contributed by atoms with Gasteiger partial charge < -0.3 is 16.0 Å². The third-order valence-electron chi connectivity index (χ3n) is 5.30. The van der Waals surface area contributed by atoms with Crippen LogP contribution in [0.25, 0.3) is 0 Å². The Kier molecular flexibility index (Phi) is 5.91. The molecular formula is C25H24N4O2. The zero-order valence-corrected chi connectivity index (χ0v) is 17.2. The molecule has 1 aliphatic rings. The average molecular weight is 412 g/mol. The Hall–Kier alpha value is -3.77. The van der Waals surface area contributed by atoms with Crippen molar-refractivity contribution < 1.29 is 9.59 Å². The van der Waals surface area contributed by atoms with Crippen LogP contribution in [0.2, 0.25) is 0 Å². The highest BCUT2D eigenvalue weighted by molar-refractivity contribution is 6.20. The number of likely N-dealkylation sites (N-methyl/N-ethyl adjacent to an activating group) is 1. The Morgan fingerprint density at radius 2 is 1.61 bits per heavy atom. The van der Waals surface area contributed by atoms with E-state index >= 15 is 0 Å². The number of anilines is 1. The Morgan fingerprint density at radius 3 is 2.32 bits per heavy atom. The van der Waals surface area contributed by atoms with Gasteiger partial charge in [-0.05, 0) is 18.1 Å². The molecule has 4 rings (SSSR count). The maximum atomic E-state index is 13.2. The quantitative estimate of drug-likeness (QED) is 0.675. The van der Waals surface area contributed by atoms with Gasteiger partial charge in [0.25, 0.3) is 5.91 Å². The molecule has 6 nitrogen and oxygen atoms in total. The van der Waals surface area contributed by atoms with Gasteiger partial charge in [0.05, 0.1) is 17.4 Å². The maximum Gasteiger partial charge on any atom is 0.272 e. The van der Waals surface area contributed by atoms with Crippen LogP contribution >= 0.6 is 0 Å². The summed E-state index contributed by atoms with van der Waals surface area (Å²) in [6.45, 7) is 0. The summed E-state index contributed by atoms with van der Waals surface area (Å²) in [6.07, 6.45) is -0.694. The van der Waals surface area contributed by atoms with E-state index in [4.69, 9.17) is 5.73 Å². The number of fused-ring (bicyclic) bond motifs is 1. The number of hydrogen-bond acceptors (Lipinski definition) is 4. The fourth-order valence-electron chi connectivity index (χ4n) is 3.64. The van der Waals surface area contributed by atoms with Crippen molar-refractivity contribution in [1.29, 1.82) is 0 Å². The minimum Gasteiger partial charge on any atom is -0.325 e. The average Bonchev–Trinajstić information content (AvgIpc) is 2.91. The van der Waals surface area contributed by atoms with Gasteiger partial charge in [-0.2, -0.15) is 0 Å². The summed E-state index contributed by atoms with van der Waals surface area (Å²) in [4.78, 5) is 32.2. The van der Waals surface area contributed by atoms with Crippen molar-refractivity contribution in [2.24, 2.45) is 10.7 Å². The molecule has 0 bridgehead atoms. The molecule has 1 aliphatic heterocycles. The molecule has 0 aliphatic carbocycles. The van der Waals surface area contributed by atoms with E-state index in [1.165, 1.54) is 4.90 Å². The molecule has 0 aromatic heterocycles. The first-order chi connectivity index (χ1) is 15.0. The van der Waals surface area contributed by atoms with Gasteiger partial charge in [-0.25, -0.2) is 4.99 Å². The largest absolute Gasteiger partial charge is 0.325 e. The van der Waals surface area contributed by atoms with Gasteiger partial charge in [0.1, 0.15) is 0 Å². The van der Waals surface area contributed by atoms with E-state index in [-0.39, 0.29) is 5.91 Å². The number of para-hydroxylation sites is 1. The first-order valence-corrected chi connectivity index (χ1v) is 10.1. The molecule has 3 aromatic rings. The van der Waals surface area contributed by atoms with Gasteiger partial charge >= 0.3 is 0 Å². The van der Waals surface area contributed by atoms with E-state index in [0.29, 0.717) is 12.1 Å². The first kappa shape index (κ1) is 20.5. The second kappa shape index (κ2) is 8.93. The maximum absolute atomic E-state index is 13.2. The van der Waals surface area contributed by atoms with Gasteiger partial charge in [-0.1, -0.05) is 78.9 Å². The van der Waals surface area contributed by atoms with Crippen LogP contribution in [0, 0.1) is 0 Å². The third-order valence-corrected chi connectivity index (χ3v) is 5.30. The normalized spacial score (nSPS) is 16.7. The fourth-order valence-corrected chi connectivity index (χ4v) is 3.64. The molecule has 31 heavy (non-hydrogen) atoms. The van der Waals surface area contributed by atoms with Crippen LogP contribution in [-0.4, -0.2) is 36.8 Å². The Bertz CT molecular complexity index is 1110. The van der Waals surface area contributed by atoms with Gasteiger partial charge in [0.15, 0.2) is 0 Å². The zero-order valence-electron chi connectivity index (χ0n) is 17.2. The molecule has 6 heteroatoms. The summed E-state index contributed by atoms with van der Waals surface area (Å²) in [5.41, 5.74) is 10.2. The highest BCUT2D eigenvalue weighted by Crippen LogP contribution is 2.27. The lowest BCUT2D eigenvalue weighted by Gasteiger charge is -2.22. The highest BCUT2D eigenvalue weighted by atomic mass is 16.2. The lowest BCUT2D eigenvalue weighted by molar-refractivity contribution is -0.128. The Morgan fingerprint density at radius 1 is 1.00 bits per heavy atom. The molecule has 1 heterocycles. The van der Waals surface area contributed by atoms with Crippen molar-refractivity contribution in [2.45, 2.75) is 18.6 Å². The molecule has 0 fully saturated rings. The molecule has 3 N–H and O–H groups in total. The second-order valence-electron chi connectivity index (χ2n) is 7.47. The van der Waals surface area contributed by atoms with Crippen LogP contribution in [0.1, 0.15) is 16.7 Å². The van der Waals surface area contributed by atoms with Gasteiger partial charge in [-0.3, -0.25) is 9.59 Å². The smallest absolute Gasteiger partial charge is 0.272 e. The molecule has 2 amide bonds. The van der Waals surface area contributed by atoms with Gasteiger partial charge in [0.2, 0.25) is 12.1 Å². The molecule has 3 aromatic carbocycles. The number of benzodiazepines with no additional fused rings is 1. The molecule has 0 saturated carbocycles. The number of carbonyl (C=O) groups excluding carboxylic acids is 2. The van der Waals surface area contributed by atoms with Crippen LogP contribution in [0.4, 0.5) is 5.69 Å². The Labute approximate surface area is 181 Å². The van der Waals surface area contributed by atoms with E-state index in [9.17, 15) is 9.59 Å². The number of nitrogens with one attached hydrogen (secondary N) is 1. The zero-order chi connectivity index (χ0) is 21.8. The summed E-state index contributed by atoms with van der Waals surface area (Å²) in [5, 5.41) is 2.75. The molecular weight excluding hydrogens is 388 g/mol. The number of rotatable bonds is 5. The molecule has 0 radical (unpaired) electrons. The van der Waals surface area contributed by atoms with Crippen molar-refractivity contribution in [2.75, 3.05) is 11.9 Å². The van der Waals surface area contributed by atoms with Crippen molar-refractivity contribution in [3.8, 4) is 0 Å². The van der Waals surface area contributed by atoms with Crippen LogP contribution in [0.3, 0.4) is 0 Å². The molecule has 0 saturated heterocycles. The highest BCUT2D eigenvalue weighted by Gasteiger charge is 2.31. The lowest BCUT2D eigenvalue weighted by Crippen LogP contribution is -2.51. The van der Waals surface area contributed by atoms with Crippen molar-refractivity contribution in [3.05, 3.63) is 102 Å². The second-order valence-corrected chi connectivity index (χ2v) is 7.47. The topological polar surface area (TPSA) is 87.8 Å². The Balaban J connectivity index is 1.65. The van der Waals surface area contributed by atoms with Crippen LogP contribution < -0.4 is 16.0 Å². The van der Waals surface area contributed by atoms with E-state index in [0.717, 1.165) is 22.4 Å². The van der Waals surface area contributed by atoms with Gasteiger partial charge in [-0.15, -0.1) is 0 Å². The van der Waals surface area contributed by atoms with Gasteiger partial charge in [0, 0.05) is 18.2 Å². The van der Waals surface area contributed by atoms with E-state index in [2.05, 4.69) is 10.3 Å². The predicted molar refractivity (Wildman–Crippen MR) is 122 cm³/mol. The molecule has 2 atom stereocenters. The van der Waals surface area contributed by atoms with Crippen LogP contribution in [-0.2, 0) is 16.0 Å². The number of carbonyl (C=O) groups is 2. The standard InChI is InChI=1S/C25H24N4O2/c1-29-21-15-9-8-14-19(21)22(18-12-6-3-7-13-18)27-23(25(29)31)28-24(30)20(26)16-17-10-4-2-5-11-17/h2-15,20,23H,16,26H2,1H3,(H,28,30)/t20-,23?/m0/s1. The van der Waals surface area contributed by atoms with Crippen molar-refractivity contribution in [3.63, 3.8) is 0 Å². The summed E-state index contributed by atoms with van der Waals surface area (Å²) in [6, 6.07) is 26.0. The summed E-state index contributed by atoms with van der Waals surface area (Å²) < 4.78 is 0. The molecule has 156 valence electrons. The summed E-state index contributed by atoms with van der Waals surface area (Å²) in [7, 11) is 1.69. The van der Waals surface area contributed by atoms with E-state index in [1.807, 2.05) is 84.9 Å². The number of aliphatic imine (C=N–C) groups is 1. The fraction of sp³-hybridized carbons (Fsp3) is 0.160. The van der Waals surface area contributed by atoms with Crippen LogP contribution in [0.15, 0.2) is 89.9 Å². The number of nitrogens with two attached hydrogens (primary N) is 1. The molecule has 1 unspecified atom stereocenters. The van der Waals surface area contributed by atoms with Crippen molar-refractivity contribution >= 4 is 23.2 Å². The minimum atomic E-state index is -1.07. The van der Waals surface area contributed by atoms with Crippen LogP contribution in [0.5, 0.6) is 0 Å². The number of amides is 2. The predicted octanol–water partition coefficient (Wildman–Crippen LogP) is 2.51. The lowest BCUT2D eigenvalue weighted by atomic mass is 10.0. The summed E-state index contributed by atoms with van der Waals surface area (Å²) >= 11 is 0. The number of nitrogens with zero attached hydrogens (tertiary/aromatic N) is 2. The van der Waals surface area contributed by atoms with E-state index in [1.54, 1.807) is 7.05 Å². The van der Waals surface area contributed by atoms with E-state index < -0.39 is 18.1 Å². The molecule has 0 spiro atoms.